The molecule has 0 bridgehead atoms. The Labute approximate surface area is 109 Å². The van der Waals surface area contributed by atoms with Crippen LogP contribution in [0.2, 0.25) is 0 Å². The van der Waals surface area contributed by atoms with Gasteiger partial charge in [0, 0.05) is 6.20 Å². The quantitative estimate of drug-likeness (QED) is 0.651. The average Bonchev–Trinajstić information content (AvgIpc) is 2.40. The third-order valence-electron chi connectivity index (χ3n) is 3.25. The van der Waals surface area contributed by atoms with Gasteiger partial charge < -0.3 is 0 Å². The number of para-hydroxylation sites is 1. The van der Waals surface area contributed by atoms with E-state index in [4.69, 9.17) is 0 Å². The first-order valence-corrected chi connectivity index (χ1v) is 6.04. The number of halogens is 1. The number of nitrogens with zero attached hydrogens (tertiary/aromatic N) is 1. The van der Waals surface area contributed by atoms with E-state index in [1.807, 2.05) is 31.2 Å². The summed E-state index contributed by atoms with van der Waals surface area (Å²) in [6.45, 7) is 1.88. The summed E-state index contributed by atoms with van der Waals surface area (Å²) in [5, 5.41) is 1.51. The predicted molar refractivity (Wildman–Crippen MR) is 74.2 cm³/mol. The molecule has 3 heteroatoms. The highest BCUT2D eigenvalue weighted by Crippen LogP contribution is 2.16. The summed E-state index contributed by atoms with van der Waals surface area (Å²) in [6, 6.07) is 13.8. The molecule has 0 spiro atoms. The third kappa shape index (κ3) is 1.83. The minimum absolute atomic E-state index is 0.194. The summed E-state index contributed by atoms with van der Waals surface area (Å²) in [5.74, 6) is -0.405. The Morgan fingerprint density at radius 2 is 1.79 bits per heavy atom. The van der Waals surface area contributed by atoms with Gasteiger partial charge in [-0.15, -0.1) is 0 Å². The second-order valence-corrected chi connectivity index (χ2v) is 4.48. The summed E-state index contributed by atoms with van der Waals surface area (Å²) in [6.07, 6.45) is 1.61. The minimum atomic E-state index is -0.405. The van der Waals surface area contributed by atoms with Crippen molar-refractivity contribution < 1.29 is 4.39 Å². The van der Waals surface area contributed by atoms with E-state index in [9.17, 15) is 9.18 Å². The first kappa shape index (κ1) is 11.7. The fraction of sp³-hybridized carbons (Fsp3) is 0.0625. The van der Waals surface area contributed by atoms with Gasteiger partial charge in [0.2, 0.25) is 0 Å². The molecule has 0 aliphatic carbocycles. The van der Waals surface area contributed by atoms with Crippen LogP contribution in [0.25, 0.3) is 16.5 Å². The molecule has 0 amide bonds. The fourth-order valence-corrected chi connectivity index (χ4v) is 2.30. The van der Waals surface area contributed by atoms with E-state index in [0.29, 0.717) is 5.39 Å². The molecule has 1 heterocycles. The maximum Gasteiger partial charge on any atom is 0.263 e. The zero-order chi connectivity index (χ0) is 13.4. The molecule has 2 aromatic carbocycles. The van der Waals surface area contributed by atoms with Gasteiger partial charge >= 0.3 is 0 Å². The van der Waals surface area contributed by atoms with Gasteiger partial charge in [-0.1, -0.05) is 30.3 Å². The van der Waals surface area contributed by atoms with Gasteiger partial charge in [-0.3, -0.25) is 9.36 Å². The van der Waals surface area contributed by atoms with E-state index in [2.05, 4.69) is 0 Å². The van der Waals surface area contributed by atoms with Crippen LogP contribution in [0.4, 0.5) is 4.39 Å². The molecule has 0 aliphatic heterocycles. The van der Waals surface area contributed by atoms with Gasteiger partial charge in [-0.05, 0) is 36.1 Å². The smallest absolute Gasteiger partial charge is 0.263 e. The molecule has 3 aromatic rings. The van der Waals surface area contributed by atoms with Crippen molar-refractivity contribution in [3.05, 3.63) is 76.5 Å². The zero-order valence-corrected chi connectivity index (χ0v) is 10.4. The molecule has 19 heavy (non-hydrogen) atoms. The van der Waals surface area contributed by atoms with Gasteiger partial charge in [0.15, 0.2) is 0 Å². The SMILES string of the molecule is Cc1cccc2ccn(-c3ccccc3F)c(=O)c12. The molecule has 1 aromatic heterocycles. The van der Waals surface area contributed by atoms with Crippen LogP contribution in [-0.2, 0) is 0 Å². The highest BCUT2D eigenvalue weighted by atomic mass is 19.1. The molecule has 0 unspecified atom stereocenters. The molecule has 94 valence electrons. The predicted octanol–water partition coefficient (Wildman–Crippen LogP) is 3.44. The van der Waals surface area contributed by atoms with Crippen LogP contribution in [0, 0.1) is 12.7 Å². The molecule has 3 rings (SSSR count). The largest absolute Gasteiger partial charge is 0.281 e. The first-order chi connectivity index (χ1) is 9.18. The van der Waals surface area contributed by atoms with Gasteiger partial charge in [-0.2, -0.15) is 0 Å². The van der Waals surface area contributed by atoms with Crippen molar-refractivity contribution >= 4 is 10.8 Å². The van der Waals surface area contributed by atoms with Crippen molar-refractivity contribution in [2.45, 2.75) is 6.92 Å². The Kier molecular flexibility index (Phi) is 2.67. The molecule has 0 radical (unpaired) electrons. The molecule has 2 nitrogen and oxygen atoms in total. The minimum Gasteiger partial charge on any atom is -0.281 e. The summed E-state index contributed by atoms with van der Waals surface area (Å²) in [4.78, 5) is 12.5. The highest BCUT2D eigenvalue weighted by molar-refractivity contribution is 5.84. The summed E-state index contributed by atoms with van der Waals surface area (Å²) in [5.41, 5.74) is 0.978. The van der Waals surface area contributed by atoms with Gasteiger partial charge in [0.05, 0.1) is 11.1 Å². The normalized spacial score (nSPS) is 10.8. The Morgan fingerprint density at radius 3 is 2.58 bits per heavy atom. The standard InChI is InChI=1S/C16H12FNO/c1-11-5-4-6-12-9-10-18(16(19)15(11)12)14-8-3-2-7-13(14)17/h2-10H,1H3. The average molecular weight is 253 g/mol. The number of hydrogen-bond acceptors (Lipinski definition) is 1. The number of aromatic nitrogens is 1. The molecule has 0 fully saturated rings. The maximum absolute atomic E-state index is 13.8. The second kappa shape index (κ2) is 4.35. The van der Waals surface area contributed by atoms with Gasteiger partial charge in [0.1, 0.15) is 5.82 Å². The Hall–Kier alpha value is -2.42. The lowest BCUT2D eigenvalue weighted by molar-refractivity contribution is 0.616. The van der Waals surface area contributed by atoms with E-state index in [-0.39, 0.29) is 11.2 Å². The first-order valence-electron chi connectivity index (χ1n) is 6.04. The van der Waals surface area contributed by atoms with Crippen molar-refractivity contribution in [1.82, 2.24) is 4.57 Å². The molecular weight excluding hydrogens is 241 g/mol. The third-order valence-corrected chi connectivity index (χ3v) is 3.25. The van der Waals surface area contributed by atoms with Crippen LogP contribution >= 0.6 is 0 Å². The van der Waals surface area contributed by atoms with Gasteiger partial charge in [0.25, 0.3) is 5.56 Å². The molecular formula is C16H12FNO. The molecule has 0 saturated heterocycles. The van der Waals surface area contributed by atoms with Crippen LogP contribution in [0.15, 0.2) is 59.5 Å². The Morgan fingerprint density at radius 1 is 1.00 bits per heavy atom. The molecule has 0 atom stereocenters. The van der Waals surface area contributed by atoms with Gasteiger partial charge in [-0.25, -0.2) is 4.39 Å². The maximum atomic E-state index is 13.8. The van der Waals surface area contributed by atoms with E-state index in [1.165, 1.54) is 10.6 Å². The number of rotatable bonds is 1. The fourth-order valence-electron chi connectivity index (χ4n) is 2.30. The van der Waals surface area contributed by atoms with Crippen LogP contribution in [0.3, 0.4) is 0 Å². The van der Waals surface area contributed by atoms with Crippen molar-refractivity contribution in [2.75, 3.05) is 0 Å². The van der Waals surface area contributed by atoms with Crippen molar-refractivity contribution in [3.8, 4) is 5.69 Å². The number of aryl methyl sites for hydroxylation is 1. The van der Waals surface area contributed by atoms with E-state index in [1.54, 1.807) is 24.4 Å². The monoisotopic (exact) mass is 253 g/mol. The molecule has 0 N–H and O–H groups in total. The molecule has 0 saturated carbocycles. The topological polar surface area (TPSA) is 22.0 Å². The number of benzene rings is 2. The number of pyridine rings is 1. The number of fused-ring (bicyclic) bond motifs is 1. The lowest BCUT2D eigenvalue weighted by Crippen LogP contribution is -2.19. The second-order valence-electron chi connectivity index (χ2n) is 4.48. The van der Waals surface area contributed by atoms with Crippen LogP contribution < -0.4 is 5.56 Å². The lowest BCUT2D eigenvalue weighted by Gasteiger charge is -2.09. The van der Waals surface area contributed by atoms with Crippen LogP contribution in [0.5, 0.6) is 0 Å². The van der Waals surface area contributed by atoms with Crippen molar-refractivity contribution in [3.63, 3.8) is 0 Å². The lowest BCUT2D eigenvalue weighted by atomic mass is 10.1. The van der Waals surface area contributed by atoms with Crippen molar-refractivity contribution in [1.29, 1.82) is 0 Å². The summed E-state index contributed by atoms with van der Waals surface area (Å²) >= 11 is 0. The van der Waals surface area contributed by atoms with Crippen molar-refractivity contribution in [2.24, 2.45) is 0 Å². The molecule has 0 aliphatic rings. The summed E-state index contributed by atoms with van der Waals surface area (Å²) < 4.78 is 15.1. The van der Waals surface area contributed by atoms with Crippen LogP contribution in [0.1, 0.15) is 5.56 Å². The highest BCUT2D eigenvalue weighted by Gasteiger charge is 2.09. The Bertz CT molecular complexity index is 820. The van der Waals surface area contributed by atoms with E-state index in [0.717, 1.165) is 10.9 Å². The zero-order valence-electron chi connectivity index (χ0n) is 10.4. The number of hydrogen-bond donors (Lipinski definition) is 0. The van der Waals surface area contributed by atoms with E-state index < -0.39 is 5.82 Å². The van der Waals surface area contributed by atoms with Crippen LogP contribution in [-0.4, -0.2) is 4.57 Å². The van der Waals surface area contributed by atoms with E-state index >= 15 is 0 Å². The Balaban J connectivity index is 2.39. The summed E-state index contributed by atoms with van der Waals surface area (Å²) in [7, 11) is 0.